The first kappa shape index (κ1) is 13.2. The van der Waals surface area contributed by atoms with Gasteiger partial charge in [0, 0.05) is 0 Å². The third kappa shape index (κ3) is 3.84. The Kier molecular flexibility index (Phi) is 4.57. The van der Waals surface area contributed by atoms with Crippen LogP contribution in [0.2, 0.25) is 0 Å². The monoisotopic (exact) mass is 214 g/mol. The van der Waals surface area contributed by atoms with Crippen LogP contribution in [0.3, 0.4) is 0 Å². The normalized spacial score (nSPS) is 13.7. The standard InChI is InChI=1S/C10H14O5/c1-5(9(11)12)7(3)15-8(4)6(2)10(13)14/h5-6H,3-4H2,1-2H3,(H,11,12)(H,13,14). The summed E-state index contributed by atoms with van der Waals surface area (Å²) in [5, 5.41) is 17.3. The highest BCUT2D eigenvalue weighted by Crippen LogP contribution is 2.18. The minimum atomic E-state index is -1.09. The largest absolute Gasteiger partial charge is 0.481 e. The predicted octanol–water partition coefficient (Wildman–Crippen LogP) is 1.47. The number of carbonyl (C=O) groups is 2. The minimum Gasteiger partial charge on any atom is -0.481 e. The molecule has 0 aromatic heterocycles. The van der Waals surface area contributed by atoms with Gasteiger partial charge in [-0.2, -0.15) is 0 Å². The molecule has 5 heteroatoms. The summed E-state index contributed by atoms with van der Waals surface area (Å²) in [5.41, 5.74) is 0. The second kappa shape index (κ2) is 5.19. The number of hydrogen-bond donors (Lipinski definition) is 2. The first-order valence-corrected chi connectivity index (χ1v) is 4.28. The van der Waals surface area contributed by atoms with Crippen molar-refractivity contribution in [3.8, 4) is 0 Å². The van der Waals surface area contributed by atoms with E-state index in [1.807, 2.05) is 0 Å². The Labute approximate surface area is 87.7 Å². The number of hydrogen-bond acceptors (Lipinski definition) is 3. The Morgan fingerprint density at radius 1 is 1.00 bits per heavy atom. The van der Waals surface area contributed by atoms with Crippen molar-refractivity contribution in [2.24, 2.45) is 11.8 Å². The van der Waals surface area contributed by atoms with Crippen LogP contribution in [-0.2, 0) is 14.3 Å². The van der Waals surface area contributed by atoms with Crippen molar-refractivity contribution in [1.82, 2.24) is 0 Å². The lowest BCUT2D eigenvalue weighted by Gasteiger charge is -2.16. The smallest absolute Gasteiger partial charge is 0.313 e. The van der Waals surface area contributed by atoms with Crippen molar-refractivity contribution in [2.45, 2.75) is 13.8 Å². The Morgan fingerprint density at radius 3 is 1.47 bits per heavy atom. The van der Waals surface area contributed by atoms with E-state index in [9.17, 15) is 9.59 Å². The summed E-state index contributed by atoms with van der Waals surface area (Å²) in [6, 6.07) is 0. The van der Waals surface area contributed by atoms with Gasteiger partial charge in [-0.1, -0.05) is 13.2 Å². The van der Waals surface area contributed by atoms with Crippen molar-refractivity contribution in [3.05, 3.63) is 24.7 Å². The van der Waals surface area contributed by atoms with Crippen LogP contribution in [0.15, 0.2) is 24.7 Å². The van der Waals surface area contributed by atoms with Gasteiger partial charge in [0.2, 0.25) is 0 Å². The molecular formula is C10H14O5. The molecule has 5 nitrogen and oxygen atoms in total. The van der Waals surface area contributed by atoms with Crippen LogP contribution in [-0.4, -0.2) is 22.2 Å². The SMILES string of the molecule is C=C(OC(=C)C(C)C(=O)O)C(C)C(=O)O. The number of aliphatic carboxylic acids is 2. The molecule has 0 amide bonds. The second-order valence-electron chi connectivity index (χ2n) is 3.15. The zero-order valence-corrected chi connectivity index (χ0v) is 8.69. The van der Waals surface area contributed by atoms with Gasteiger partial charge in [0.25, 0.3) is 0 Å². The van der Waals surface area contributed by atoms with Gasteiger partial charge in [-0.15, -0.1) is 0 Å². The van der Waals surface area contributed by atoms with Crippen molar-refractivity contribution in [3.63, 3.8) is 0 Å². The molecule has 0 aromatic rings. The zero-order chi connectivity index (χ0) is 12.2. The predicted molar refractivity (Wildman–Crippen MR) is 53.0 cm³/mol. The van der Waals surface area contributed by atoms with Gasteiger partial charge in [-0.3, -0.25) is 9.59 Å². The average molecular weight is 214 g/mol. The number of carboxylic acids is 2. The van der Waals surface area contributed by atoms with E-state index in [1.54, 1.807) is 0 Å². The summed E-state index contributed by atoms with van der Waals surface area (Å²) in [4.78, 5) is 21.1. The van der Waals surface area contributed by atoms with Crippen molar-refractivity contribution in [1.29, 1.82) is 0 Å². The maximum absolute atomic E-state index is 10.5. The fourth-order valence-corrected chi connectivity index (χ4v) is 0.621. The quantitative estimate of drug-likeness (QED) is 0.654. The van der Waals surface area contributed by atoms with E-state index in [0.717, 1.165) is 0 Å². The molecular weight excluding hydrogens is 200 g/mol. The fourth-order valence-electron chi connectivity index (χ4n) is 0.621. The molecule has 2 N–H and O–H groups in total. The van der Waals surface area contributed by atoms with Gasteiger partial charge in [0.1, 0.15) is 23.4 Å². The summed E-state index contributed by atoms with van der Waals surface area (Å²) < 4.78 is 4.95. The summed E-state index contributed by atoms with van der Waals surface area (Å²) in [6.45, 7) is 9.59. The highest BCUT2D eigenvalue weighted by Gasteiger charge is 2.21. The second-order valence-corrected chi connectivity index (χ2v) is 3.15. The van der Waals surface area contributed by atoms with E-state index < -0.39 is 23.8 Å². The van der Waals surface area contributed by atoms with Crippen LogP contribution in [0.1, 0.15) is 13.8 Å². The third-order valence-corrected chi connectivity index (χ3v) is 1.97. The molecule has 0 saturated carbocycles. The summed E-state index contributed by atoms with van der Waals surface area (Å²) in [6.07, 6.45) is 0. The lowest BCUT2D eigenvalue weighted by molar-refractivity contribution is -0.141. The molecule has 0 aliphatic rings. The lowest BCUT2D eigenvalue weighted by Crippen LogP contribution is -2.18. The molecule has 0 heterocycles. The molecule has 0 spiro atoms. The third-order valence-electron chi connectivity index (χ3n) is 1.97. The zero-order valence-electron chi connectivity index (χ0n) is 8.69. The average Bonchev–Trinajstić information content (AvgIpc) is 2.14. The maximum Gasteiger partial charge on any atom is 0.313 e. The van der Waals surface area contributed by atoms with Gasteiger partial charge in [0.15, 0.2) is 0 Å². The number of carboxylic acid groups (broad SMARTS) is 2. The Morgan fingerprint density at radius 2 is 1.27 bits per heavy atom. The molecule has 0 fully saturated rings. The Balaban J connectivity index is 4.37. The molecule has 0 bridgehead atoms. The number of ether oxygens (including phenoxy) is 1. The highest BCUT2D eigenvalue weighted by atomic mass is 16.5. The summed E-state index contributed by atoms with van der Waals surface area (Å²) in [5.74, 6) is -4.03. The van der Waals surface area contributed by atoms with Gasteiger partial charge < -0.3 is 14.9 Å². The fraction of sp³-hybridized carbons (Fsp3) is 0.400. The number of rotatable bonds is 6. The molecule has 0 radical (unpaired) electrons. The maximum atomic E-state index is 10.5. The van der Waals surface area contributed by atoms with Gasteiger partial charge in [0.05, 0.1) is 0 Å². The van der Waals surface area contributed by atoms with Crippen LogP contribution in [0.4, 0.5) is 0 Å². The van der Waals surface area contributed by atoms with E-state index in [0.29, 0.717) is 0 Å². The highest BCUT2D eigenvalue weighted by molar-refractivity contribution is 5.73. The van der Waals surface area contributed by atoms with Gasteiger partial charge in [-0.05, 0) is 13.8 Å². The molecule has 2 unspecified atom stereocenters. The first-order valence-electron chi connectivity index (χ1n) is 4.28. The summed E-state index contributed by atoms with van der Waals surface area (Å²) in [7, 11) is 0. The molecule has 2 atom stereocenters. The van der Waals surface area contributed by atoms with Crippen LogP contribution in [0.5, 0.6) is 0 Å². The molecule has 84 valence electrons. The first-order chi connectivity index (χ1) is 6.77. The van der Waals surface area contributed by atoms with Crippen molar-refractivity contribution < 1.29 is 24.5 Å². The Bertz CT molecular complexity index is 275. The van der Waals surface area contributed by atoms with Crippen LogP contribution < -0.4 is 0 Å². The molecule has 0 aliphatic heterocycles. The molecule has 0 saturated heterocycles. The lowest BCUT2D eigenvalue weighted by atomic mass is 10.1. The van der Waals surface area contributed by atoms with Crippen LogP contribution >= 0.6 is 0 Å². The molecule has 0 aromatic carbocycles. The van der Waals surface area contributed by atoms with Gasteiger partial charge >= 0.3 is 11.9 Å². The molecule has 0 aliphatic carbocycles. The van der Waals surface area contributed by atoms with E-state index in [1.165, 1.54) is 13.8 Å². The van der Waals surface area contributed by atoms with E-state index in [2.05, 4.69) is 13.2 Å². The van der Waals surface area contributed by atoms with Crippen molar-refractivity contribution >= 4 is 11.9 Å². The molecule has 0 rings (SSSR count). The summed E-state index contributed by atoms with van der Waals surface area (Å²) >= 11 is 0. The van der Waals surface area contributed by atoms with Crippen molar-refractivity contribution in [2.75, 3.05) is 0 Å². The van der Waals surface area contributed by atoms with E-state index in [-0.39, 0.29) is 11.5 Å². The van der Waals surface area contributed by atoms with Crippen LogP contribution in [0.25, 0.3) is 0 Å². The van der Waals surface area contributed by atoms with E-state index >= 15 is 0 Å². The Hall–Kier alpha value is -1.78. The minimum absolute atomic E-state index is 0.0272. The van der Waals surface area contributed by atoms with Gasteiger partial charge in [-0.25, -0.2) is 0 Å². The van der Waals surface area contributed by atoms with E-state index in [4.69, 9.17) is 14.9 Å². The molecule has 15 heavy (non-hydrogen) atoms. The van der Waals surface area contributed by atoms with Crippen LogP contribution in [0, 0.1) is 11.8 Å². The topological polar surface area (TPSA) is 83.8 Å².